The second kappa shape index (κ2) is 15.4. The van der Waals surface area contributed by atoms with E-state index in [-0.39, 0.29) is 18.3 Å². The number of hydrogen-bond acceptors (Lipinski definition) is 5. The molecule has 2 heterocycles. The Hall–Kier alpha value is -0.395. The third-order valence-electron chi connectivity index (χ3n) is 5.93. The smallest absolute Gasteiger partial charge is 0.403 e. The minimum atomic E-state index is -0.500. The van der Waals surface area contributed by atoms with Gasteiger partial charge >= 0.3 is 7.12 Å². The van der Waals surface area contributed by atoms with Gasteiger partial charge in [0.15, 0.2) is 0 Å². The van der Waals surface area contributed by atoms with Crippen LogP contribution >= 0.6 is 0 Å². The summed E-state index contributed by atoms with van der Waals surface area (Å²) in [5.74, 6) is 0.881. The van der Waals surface area contributed by atoms with Crippen LogP contribution in [0.3, 0.4) is 0 Å². The summed E-state index contributed by atoms with van der Waals surface area (Å²) in [5.41, 5.74) is 2.56. The number of nitrogens with one attached hydrogen (secondary N) is 1. The maximum absolute atomic E-state index is 8.52. The van der Waals surface area contributed by atoms with Crippen molar-refractivity contribution >= 4 is 7.12 Å². The van der Waals surface area contributed by atoms with Gasteiger partial charge in [-0.2, -0.15) is 0 Å². The fourth-order valence-electron chi connectivity index (χ4n) is 3.47. The van der Waals surface area contributed by atoms with Crippen molar-refractivity contribution < 1.29 is 19.5 Å². The molecule has 2 aliphatic heterocycles. The van der Waals surface area contributed by atoms with Crippen LogP contribution in [0, 0.1) is 5.92 Å². The second-order valence-electron chi connectivity index (χ2n) is 10.3. The molecular weight excluding hydrogens is 389 g/mol. The molecule has 0 aromatic carbocycles. The van der Waals surface area contributed by atoms with Crippen LogP contribution in [0.1, 0.15) is 102 Å². The third-order valence-corrected chi connectivity index (χ3v) is 5.93. The predicted molar refractivity (Wildman–Crippen MR) is 136 cm³/mol. The lowest BCUT2D eigenvalue weighted by Crippen LogP contribution is -2.41. The van der Waals surface area contributed by atoms with Crippen molar-refractivity contribution in [2.75, 3.05) is 20.2 Å². The van der Waals surface area contributed by atoms with E-state index in [1.54, 1.807) is 31.9 Å². The van der Waals surface area contributed by atoms with E-state index in [0.29, 0.717) is 0 Å². The Morgan fingerprint density at radius 3 is 1.58 bits per heavy atom. The number of aliphatic hydroxyl groups excluding tert-OH is 1. The highest BCUT2D eigenvalue weighted by Gasteiger charge is 2.49. The van der Waals surface area contributed by atoms with E-state index in [4.69, 9.17) is 19.5 Å². The van der Waals surface area contributed by atoms with Gasteiger partial charge in [0, 0.05) is 7.11 Å². The van der Waals surface area contributed by atoms with Crippen LogP contribution in [0.4, 0.5) is 0 Å². The molecule has 2 aliphatic rings. The van der Waals surface area contributed by atoms with Gasteiger partial charge in [-0.1, -0.05) is 31.9 Å². The van der Waals surface area contributed by atoms with Crippen LogP contribution < -0.4 is 5.32 Å². The largest absolute Gasteiger partial charge is 0.457 e. The Labute approximate surface area is 194 Å². The summed E-state index contributed by atoms with van der Waals surface area (Å²) in [4.78, 5) is 0. The molecule has 0 aromatic heterocycles. The molecule has 31 heavy (non-hydrogen) atoms. The molecule has 0 unspecified atom stereocenters. The average molecular weight is 444 g/mol. The monoisotopic (exact) mass is 443 g/mol. The molecule has 3 N–H and O–H groups in total. The molecule has 0 amide bonds. The van der Waals surface area contributed by atoms with Crippen molar-refractivity contribution in [2.45, 2.75) is 125 Å². The normalized spacial score (nSPS) is 20.9. The van der Waals surface area contributed by atoms with E-state index in [2.05, 4.69) is 60.7 Å². The zero-order valence-corrected chi connectivity index (χ0v) is 22.8. The molecule has 6 heteroatoms. The van der Waals surface area contributed by atoms with Crippen LogP contribution in [0.5, 0.6) is 0 Å². The van der Waals surface area contributed by atoms with Gasteiger partial charge in [0.25, 0.3) is 0 Å². The number of piperidine rings is 1. The number of allylic oxidation sites excluding steroid dienone is 2. The Morgan fingerprint density at radius 1 is 0.935 bits per heavy atom. The third kappa shape index (κ3) is 13.7. The quantitative estimate of drug-likeness (QED) is 0.389. The summed E-state index contributed by atoms with van der Waals surface area (Å²) >= 11 is 0. The molecule has 2 rings (SSSR count). The van der Waals surface area contributed by atoms with Crippen LogP contribution in [0.25, 0.3) is 0 Å². The summed E-state index contributed by atoms with van der Waals surface area (Å²) in [7, 11) is 0.986. The maximum atomic E-state index is 8.52. The molecule has 0 bridgehead atoms. The van der Waals surface area contributed by atoms with Crippen molar-refractivity contribution in [1.29, 1.82) is 0 Å². The van der Waals surface area contributed by atoms with Gasteiger partial charge < -0.3 is 24.8 Å². The first-order chi connectivity index (χ1) is 14.2. The Morgan fingerprint density at radius 2 is 1.32 bits per heavy atom. The van der Waals surface area contributed by atoms with Gasteiger partial charge in [-0.15, -0.1) is 0 Å². The second-order valence-corrected chi connectivity index (χ2v) is 10.3. The average Bonchev–Trinajstić information content (AvgIpc) is 2.90. The van der Waals surface area contributed by atoms with Gasteiger partial charge in [0.05, 0.1) is 16.8 Å². The topological polar surface area (TPSA) is 71.0 Å². The van der Waals surface area contributed by atoms with Crippen LogP contribution in [-0.4, -0.2) is 54.3 Å². The van der Waals surface area contributed by atoms with E-state index in [1.807, 2.05) is 0 Å². The van der Waals surface area contributed by atoms with Crippen molar-refractivity contribution in [3.05, 3.63) is 11.1 Å². The molecule has 186 valence electrons. The molecule has 0 saturated carbocycles. The first kappa shape index (κ1) is 32.8. The lowest BCUT2D eigenvalue weighted by Gasteiger charge is -2.32. The number of aliphatic hydroxyl groups is 2. The van der Waals surface area contributed by atoms with Gasteiger partial charge in [-0.25, -0.2) is 0 Å². The molecule has 2 saturated heterocycles. The van der Waals surface area contributed by atoms with Gasteiger partial charge in [0.2, 0.25) is 0 Å². The number of hydrogen-bond donors (Lipinski definition) is 3. The minimum absolute atomic E-state index is 0.0139. The summed E-state index contributed by atoms with van der Waals surface area (Å²) in [5, 5.41) is 18.9. The standard InChI is InChI=1S/C12H23N.C8H17BO2.C4H10O.CH4O/c1-4-10(3)12(5-2)11-6-8-13-9-7-11;1-6-9-10-7(2,3)8(4,5)11-9;1-4(2,3)5;1-2/h11,13H,4-9H2,1-3H3;6H2,1-5H3;5H,1-3H3;2H,1H3/b12-10-;;;. The van der Waals surface area contributed by atoms with Crippen molar-refractivity contribution in [1.82, 2.24) is 5.32 Å². The van der Waals surface area contributed by atoms with Crippen LogP contribution in [0.2, 0.25) is 6.32 Å². The Balaban J connectivity index is 0. The molecule has 0 atom stereocenters. The summed E-state index contributed by atoms with van der Waals surface area (Å²) in [6.45, 7) is 24.9. The molecule has 2 fully saturated rings. The van der Waals surface area contributed by atoms with Crippen molar-refractivity contribution in [3.8, 4) is 0 Å². The van der Waals surface area contributed by atoms with Crippen molar-refractivity contribution in [3.63, 3.8) is 0 Å². The van der Waals surface area contributed by atoms with E-state index in [1.165, 1.54) is 38.8 Å². The summed E-state index contributed by atoms with van der Waals surface area (Å²) < 4.78 is 11.4. The van der Waals surface area contributed by atoms with Crippen LogP contribution in [-0.2, 0) is 9.31 Å². The Bertz CT molecular complexity index is 470. The summed E-state index contributed by atoms with van der Waals surface area (Å²) in [6.07, 6.45) is 6.10. The lowest BCUT2D eigenvalue weighted by atomic mass is 9.85. The van der Waals surface area contributed by atoms with E-state index < -0.39 is 5.60 Å². The first-order valence-electron chi connectivity index (χ1n) is 12.1. The van der Waals surface area contributed by atoms with Crippen molar-refractivity contribution in [2.24, 2.45) is 5.92 Å². The van der Waals surface area contributed by atoms with E-state index in [9.17, 15) is 0 Å². The highest BCUT2D eigenvalue weighted by atomic mass is 16.7. The van der Waals surface area contributed by atoms with Gasteiger partial charge in [0.1, 0.15) is 0 Å². The molecule has 0 radical (unpaired) electrons. The predicted octanol–water partition coefficient (Wildman–Crippen LogP) is 5.61. The molecule has 0 spiro atoms. The van der Waals surface area contributed by atoms with Gasteiger partial charge in [-0.3, -0.25) is 0 Å². The Kier molecular flexibility index (Phi) is 16.3. The molecule has 0 aliphatic carbocycles. The SMILES string of the molecule is CC(C)(C)O.CC/C(C)=C(/CC)C1CCNCC1.CCB1OC(C)(C)C(C)(C)O1.CO. The molecule has 0 aromatic rings. The zero-order chi connectivity index (χ0) is 24.9. The first-order valence-corrected chi connectivity index (χ1v) is 12.1. The molecule has 5 nitrogen and oxygen atoms in total. The maximum Gasteiger partial charge on any atom is 0.457 e. The fourth-order valence-corrected chi connectivity index (χ4v) is 3.47. The molecular formula is C25H54BNO4. The van der Waals surface area contributed by atoms with E-state index in [0.717, 1.165) is 19.3 Å². The summed E-state index contributed by atoms with van der Waals surface area (Å²) in [6, 6.07) is 0. The van der Waals surface area contributed by atoms with Gasteiger partial charge in [-0.05, 0) is 106 Å². The zero-order valence-electron chi connectivity index (χ0n) is 22.8. The minimum Gasteiger partial charge on any atom is -0.403 e. The van der Waals surface area contributed by atoms with E-state index >= 15 is 0 Å². The highest BCUT2D eigenvalue weighted by Crippen LogP contribution is 2.37. The fraction of sp³-hybridized carbons (Fsp3) is 0.920. The number of rotatable bonds is 4. The van der Waals surface area contributed by atoms with Crippen LogP contribution in [0.15, 0.2) is 11.1 Å². The lowest BCUT2D eigenvalue weighted by molar-refractivity contribution is 0.00578. The highest BCUT2D eigenvalue weighted by molar-refractivity contribution is 6.45.